The number of hydrogen-bond donors (Lipinski definition) is 2. The molecular formula is C17H34NO7P. The Morgan fingerprint density at radius 1 is 1.23 bits per heavy atom. The molecule has 154 valence electrons. The predicted molar refractivity (Wildman–Crippen MR) is 100 cm³/mol. The van der Waals surface area contributed by atoms with Gasteiger partial charge in [0.15, 0.2) is 11.9 Å². The number of nitrogens with one attached hydrogen (secondary N) is 1. The van der Waals surface area contributed by atoms with Gasteiger partial charge in [-0.15, -0.1) is 0 Å². The van der Waals surface area contributed by atoms with E-state index in [1.165, 1.54) is 5.80 Å². The smallest absolute Gasteiger partial charge is 0.407 e. The van der Waals surface area contributed by atoms with Gasteiger partial charge in [0, 0.05) is 19.6 Å². The molecule has 8 nitrogen and oxygen atoms in total. The highest BCUT2D eigenvalue weighted by Crippen LogP contribution is 2.27. The molecule has 3 atom stereocenters. The topological polar surface area (TPSA) is 109 Å². The third-order valence-corrected chi connectivity index (χ3v) is 4.38. The second kappa shape index (κ2) is 11.8. The Balaban J connectivity index is 4.70. The van der Waals surface area contributed by atoms with Crippen LogP contribution in [0.2, 0.25) is 0 Å². The largest absolute Gasteiger partial charge is 0.603 e. The molecule has 26 heavy (non-hydrogen) atoms. The fourth-order valence-corrected chi connectivity index (χ4v) is 3.03. The Hall–Kier alpha value is -0.760. The van der Waals surface area contributed by atoms with Gasteiger partial charge >= 0.3 is 6.09 Å². The van der Waals surface area contributed by atoms with Crippen molar-refractivity contribution in [1.82, 2.24) is 5.32 Å². The lowest BCUT2D eigenvalue weighted by molar-refractivity contribution is -0.267. The molecule has 0 heterocycles. The van der Waals surface area contributed by atoms with Gasteiger partial charge in [-0.2, -0.15) is 4.52 Å². The molecule has 0 aliphatic rings. The second-order valence-corrected chi connectivity index (χ2v) is 8.01. The molecule has 0 aromatic heterocycles. The first kappa shape index (κ1) is 25.2. The van der Waals surface area contributed by atoms with Gasteiger partial charge in [0.2, 0.25) is 8.00 Å². The number of aliphatic hydroxyl groups is 1. The molecule has 1 amide bonds. The average molecular weight is 395 g/mol. The van der Waals surface area contributed by atoms with E-state index in [0.29, 0.717) is 13.2 Å². The molecule has 0 aromatic carbocycles. The fraction of sp³-hybridized carbons (Fsp3) is 0.882. The van der Waals surface area contributed by atoms with Crippen molar-refractivity contribution in [3.8, 4) is 0 Å². The fourth-order valence-electron chi connectivity index (χ4n) is 2.01. The highest BCUT2D eigenvalue weighted by Gasteiger charge is 2.36. The van der Waals surface area contributed by atoms with Crippen molar-refractivity contribution in [2.75, 3.05) is 19.8 Å². The molecule has 0 aromatic rings. The van der Waals surface area contributed by atoms with Gasteiger partial charge in [0.1, 0.15) is 11.4 Å². The second-order valence-electron chi connectivity index (χ2n) is 6.86. The van der Waals surface area contributed by atoms with Gasteiger partial charge in [0.25, 0.3) is 0 Å². The Kier molecular flexibility index (Phi) is 11.5. The lowest BCUT2D eigenvalue weighted by Crippen LogP contribution is -2.44. The summed E-state index contributed by atoms with van der Waals surface area (Å²) in [6.45, 7) is 12.9. The van der Waals surface area contributed by atoms with Crippen LogP contribution in [0.4, 0.5) is 4.79 Å². The zero-order valence-electron chi connectivity index (χ0n) is 16.9. The van der Waals surface area contributed by atoms with Gasteiger partial charge < -0.3 is 29.5 Å². The minimum Gasteiger partial charge on any atom is -0.603 e. The van der Waals surface area contributed by atoms with Crippen LogP contribution in [0.25, 0.3) is 0 Å². The van der Waals surface area contributed by atoms with E-state index in [1.807, 2.05) is 13.8 Å². The first-order chi connectivity index (χ1) is 12.0. The van der Waals surface area contributed by atoms with Gasteiger partial charge in [0.05, 0.1) is 12.6 Å². The van der Waals surface area contributed by atoms with E-state index >= 15 is 0 Å². The van der Waals surface area contributed by atoms with E-state index in [4.69, 9.17) is 18.7 Å². The van der Waals surface area contributed by atoms with Crippen LogP contribution in [0.3, 0.4) is 0 Å². The number of alkyl carbamates (subject to hydrolysis) is 1. The maximum atomic E-state index is 12.2. The van der Waals surface area contributed by atoms with E-state index in [-0.39, 0.29) is 13.0 Å². The van der Waals surface area contributed by atoms with Crippen LogP contribution in [-0.2, 0) is 18.7 Å². The molecule has 0 bridgehead atoms. The first-order valence-electron chi connectivity index (χ1n) is 8.82. The summed E-state index contributed by atoms with van der Waals surface area (Å²) < 4.78 is 21.8. The first-order valence-corrected chi connectivity index (χ1v) is 10.1. The molecule has 0 radical (unpaired) electrons. The number of amides is 1. The SMILES string of the molecule is CCOC(C)(OCC)[C@@H](C)O/[P+]([O-])=C/C[C@H](CO)NC(=O)OC(C)(C)C. The van der Waals surface area contributed by atoms with Crippen molar-refractivity contribution < 1.29 is 33.5 Å². The number of hydrogen-bond acceptors (Lipinski definition) is 7. The van der Waals surface area contributed by atoms with Crippen LogP contribution < -0.4 is 10.2 Å². The summed E-state index contributed by atoms with van der Waals surface area (Å²) in [5.74, 6) is 0.399. The maximum Gasteiger partial charge on any atom is 0.407 e. The predicted octanol–water partition coefficient (Wildman–Crippen LogP) is 1.93. The summed E-state index contributed by atoms with van der Waals surface area (Å²) in [4.78, 5) is 23.9. The standard InChI is InChI=1S/C17H34NO7P/c1-8-22-17(7,23-9-2)13(3)25-26(21)11-10-14(12-19)18-15(20)24-16(4,5)6/h11,13-14,19H,8-10,12H2,1-7H3,(H,18,20)/t13-,14-/m1/s1. The molecule has 0 aliphatic heterocycles. The van der Waals surface area contributed by atoms with Gasteiger partial charge in [-0.1, -0.05) is 0 Å². The Morgan fingerprint density at radius 2 is 1.77 bits per heavy atom. The summed E-state index contributed by atoms with van der Waals surface area (Å²) in [6, 6.07) is -0.618. The summed E-state index contributed by atoms with van der Waals surface area (Å²) in [5.41, 5.74) is -0.638. The third kappa shape index (κ3) is 10.4. The lowest BCUT2D eigenvalue weighted by atomic mass is 10.2. The summed E-state index contributed by atoms with van der Waals surface area (Å²) in [7, 11) is -2.13. The zero-order valence-corrected chi connectivity index (χ0v) is 17.8. The minimum atomic E-state index is -2.13. The van der Waals surface area contributed by atoms with E-state index < -0.39 is 37.6 Å². The lowest BCUT2D eigenvalue weighted by Gasteiger charge is -2.32. The Labute approximate surface area is 157 Å². The van der Waals surface area contributed by atoms with Crippen LogP contribution in [0.5, 0.6) is 0 Å². The van der Waals surface area contributed by atoms with Gasteiger partial charge in [-0.3, -0.25) is 0 Å². The van der Waals surface area contributed by atoms with E-state index in [0.717, 1.165) is 0 Å². The molecular weight excluding hydrogens is 361 g/mol. The van der Waals surface area contributed by atoms with Crippen molar-refractivity contribution in [3.05, 3.63) is 0 Å². The molecule has 0 saturated carbocycles. The normalized spacial score (nSPS) is 15.5. The monoisotopic (exact) mass is 395 g/mol. The van der Waals surface area contributed by atoms with Crippen molar-refractivity contribution in [1.29, 1.82) is 0 Å². The Bertz CT molecular complexity index is 445. The number of rotatable bonds is 11. The molecule has 0 rings (SSSR count). The minimum absolute atomic E-state index is 0.164. The maximum absolute atomic E-state index is 12.2. The van der Waals surface area contributed by atoms with Crippen LogP contribution in [0, 0.1) is 0 Å². The van der Waals surface area contributed by atoms with Crippen LogP contribution in [0.1, 0.15) is 54.9 Å². The number of aliphatic hydroxyl groups excluding tert-OH is 1. The third-order valence-electron chi connectivity index (χ3n) is 3.34. The van der Waals surface area contributed by atoms with Crippen molar-refractivity contribution >= 4 is 19.9 Å². The molecule has 0 saturated heterocycles. The van der Waals surface area contributed by atoms with Crippen LogP contribution in [0.15, 0.2) is 0 Å². The van der Waals surface area contributed by atoms with Crippen LogP contribution >= 0.6 is 8.00 Å². The number of carbonyl (C=O) groups is 1. The van der Waals surface area contributed by atoms with Crippen molar-refractivity contribution in [2.45, 2.75) is 78.4 Å². The number of carbonyl (C=O) groups excluding carboxylic acids is 1. The number of ether oxygens (including phenoxy) is 3. The summed E-state index contributed by atoms with van der Waals surface area (Å²) in [5, 5.41) is 11.9. The molecule has 0 aliphatic carbocycles. The quantitative estimate of drug-likeness (QED) is 0.406. The highest BCUT2D eigenvalue weighted by molar-refractivity contribution is 7.44. The highest BCUT2D eigenvalue weighted by atomic mass is 31.1. The van der Waals surface area contributed by atoms with Crippen molar-refractivity contribution in [2.24, 2.45) is 0 Å². The molecule has 0 fully saturated rings. The van der Waals surface area contributed by atoms with Gasteiger partial charge in [-0.05, 0) is 48.5 Å². The van der Waals surface area contributed by atoms with E-state index in [1.54, 1.807) is 34.6 Å². The van der Waals surface area contributed by atoms with E-state index in [9.17, 15) is 14.8 Å². The molecule has 9 heteroatoms. The van der Waals surface area contributed by atoms with Gasteiger partial charge in [-0.25, -0.2) is 4.79 Å². The molecule has 1 unspecified atom stereocenters. The Morgan fingerprint density at radius 3 is 2.19 bits per heavy atom. The van der Waals surface area contributed by atoms with Crippen LogP contribution in [-0.4, -0.2) is 60.4 Å². The average Bonchev–Trinajstić information content (AvgIpc) is 2.49. The molecule has 0 spiro atoms. The van der Waals surface area contributed by atoms with Crippen molar-refractivity contribution in [3.63, 3.8) is 0 Å². The van der Waals surface area contributed by atoms with E-state index in [2.05, 4.69) is 5.32 Å². The molecule has 2 N–H and O–H groups in total. The summed E-state index contributed by atoms with van der Waals surface area (Å²) >= 11 is 0. The summed E-state index contributed by atoms with van der Waals surface area (Å²) in [6.07, 6.45) is -1.05. The zero-order chi connectivity index (χ0) is 20.4.